The molecule has 0 unspecified atom stereocenters. The average molecular weight is 1130 g/mol. The molecule has 1 aliphatic carbocycles. The zero-order chi connectivity index (χ0) is 59.5. The smallest absolute Gasteiger partial charge is 0.407 e. The molecule has 3 aliphatic rings. The number of unbranched alkanes of at least 4 members (excludes halogenated alkanes) is 5. The lowest BCUT2D eigenvalue weighted by molar-refractivity contribution is -0.255. The summed E-state index contributed by atoms with van der Waals surface area (Å²) < 4.78 is 13.7. The van der Waals surface area contributed by atoms with Crippen LogP contribution < -0.4 is 57.6 Å². The predicted molar refractivity (Wildman–Crippen MR) is 308 cm³/mol. The number of carboxylic acids is 1. The summed E-state index contributed by atoms with van der Waals surface area (Å²) in [5.41, 5.74) is 9.52. The van der Waals surface area contributed by atoms with Gasteiger partial charge in [-0.05, 0) is 98.0 Å². The molecule has 22 heteroatoms. The maximum absolute atomic E-state index is 13.6. The number of fused-ring (bicyclic) bond motifs is 2. The second-order valence-electron chi connectivity index (χ2n) is 20.8. The Morgan fingerprint density at radius 1 is 0.732 bits per heavy atom. The number of aromatic carboxylic acids is 1. The number of anilines is 2. The molecular formula is C60H74N10O12. The van der Waals surface area contributed by atoms with Crippen LogP contribution >= 0.6 is 0 Å². The summed E-state index contributed by atoms with van der Waals surface area (Å²) in [6.45, 7) is 4.58. The lowest BCUT2D eigenvalue weighted by Crippen LogP contribution is -2.54. The first kappa shape index (κ1) is 62.1. The number of primary amides is 1. The van der Waals surface area contributed by atoms with E-state index in [1.54, 1.807) is 50.2 Å². The number of hydrogen-bond acceptors (Lipinski definition) is 13. The monoisotopic (exact) mass is 1130 g/mol. The molecule has 0 spiro atoms. The third-order valence-electron chi connectivity index (χ3n) is 13.8. The fourth-order valence-electron chi connectivity index (χ4n) is 9.21. The quantitative estimate of drug-likeness (QED) is 0.0152. The van der Waals surface area contributed by atoms with Gasteiger partial charge in [-0.15, -0.1) is 0 Å². The van der Waals surface area contributed by atoms with E-state index >= 15 is 0 Å². The van der Waals surface area contributed by atoms with Crippen LogP contribution in [0.4, 0.5) is 21.0 Å². The van der Waals surface area contributed by atoms with Gasteiger partial charge in [0.05, 0.1) is 12.0 Å². The normalized spacial score (nSPS) is 12.7. The minimum Gasteiger partial charge on any atom is -0.545 e. The van der Waals surface area contributed by atoms with Crippen LogP contribution in [0.3, 0.4) is 0 Å². The Hall–Kier alpha value is -9.08. The first-order valence-corrected chi connectivity index (χ1v) is 27.5. The van der Waals surface area contributed by atoms with Crippen molar-refractivity contribution in [3.63, 3.8) is 0 Å². The van der Waals surface area contributed by atoms with Gasteiger partial charge in [-0.25, -0.2) is 14.2 Å². The van der Waals surface area contributed by atoms with E-state index in [0.29, 0.717) is 96.3 Å². The van der Waals surface area contributed by atoms with Crippen molar-refractivity contribution in [1.82, 2.24) is 36.1 Å². The van der Waals surface area contributed by atoms with Crippen molar-refractivity contribution in [2.75, 3.05) is 64.6 Å². The molecule has 2 heterocycles. The summed E-state index contributed by atoms with van der Waals surface area (Å²) in [6.07, 6.45) is 6.73. The van der Waals surface area contributed by atoms with Crippen molar-refractivity contribution in [3.8, 4) is 22.5 Å². The van der Waals surface area contributed by atoms with Gasteiger partial charge in [-0.2, -0.15) is 0 Å². The van der Waals surface area contributed by atoms with Crippen LogP contribution in [-0.4, -0.2) is 125 Å². The van der Waals surface area contributed by atoms with E-state index in [0.717, 1.165) is 28.8 Å². The van der Waals surface area contributed by atoms with Gasteiger partial charge in [0.15, 0.2) is 0 Å². The van der Waals surface area contributed by atoms with Crippen molar-refractivity contribution in [1.29, 1.82) is 0 Å². The maximum atomic E-state index is 13.6. The zero-order valence-corrected chi connectivity index (χ0v) is 47.3. The Morgan fingerprint density at radius 2 is 1.40 bits per heavy atom. The molecule has 3 aromatic carbocycles. The number of carbonyl (C=O) groups excluding carboxylic acids is 9. The highest BCUT2D eigenvalue weighted by Crippen LogP contribution is 2.42. The first-order chi connectivity index (χ1) is 39.2. The van der Waals surface area contributed by atoms with E-state index in [2.05, 4.69) is 31.9 Å². The number of urea groups is 1. The lowest BCUT2D eigenvalue weighted by atomic mass is 9.89. The molecule has 0 saturated carbocycles. The van der Waals surface area contributed by atoms with Gasteiger partial charge in [-0.1, -0.05) is 51.3 Å². The fraction of sp³-hybridized carbons (Fsp3) is 0.400. The largest absolute Gasteiger partial charge is 0.545 e. The Balaban J connectivity index is 0.912. The van der Waals surface area contributed by atoms with Crippen LogP contribution in [0.25, 0.3) is 33.4 Å². The SMILES string of the molecule is CC(C)[C@H](NC(=O)CCCCCN1C(=O)C=CC1=O)C(=O)N[C@@H](CCCNC(N)=O)C(=O)Nc1ccc(COC(=O)NCCCCCCNC(=O)c2ccc(-c3c4ccc(=[N+](C)C)cc-4oc4cc(N(C)C)ccc34)c(C(=O)[O-])c2)cc1. The van der Waals surface area contributed by atoms with Crippen molar-refractivity contribution in [2.45, 2.75) is 96.7 Å². The van der Waals surface area contributed by atoms with E-state index in [1.165, 1.54) is 18.2 Å². The molecule has 2 aliphatic heterocycles. The molecule has 9 amide bonds. The number of hydrogen-bond donors (Lipinski definition) is 7. The molecular weight excluding hydrogens is 1050 g/mol. The molecule has 22 nitrogen and oxygen atoms in total. The van der Waals surface area contributed by atoms with Crippen LogP contribution in [0.1, 0.15) is 104 Å². The van der Waals surface area contributed by atoms with E-state index in [9.17, 15) is 48.3 Å². The minimum atomic E-state index is -1.42. The van der Waals surface area contributed by atoms with Crippen LogP contribution in [0.5, 0.6) is 0 Å². The predicted octanol–water partition coefficient (Wildman–Crippen LogP) is 4.38. The van der Waals surface area contributed by atoms with Crippen molar-refractivity contribution in [2.24, 2.45) is 11.7 Å². The number of nitrogens with two attached hydrogens (primary N) is 1. The van der Waals surface area contributed by atoms with E-state index in [-0.39, 0.29) is 67.3 Å². The zero-order valence-electron chi connectivity index (χ0n) is 47.3. The van der Waals surface area contributed by atoms with Crippen LogP contribution in [0.2, 0.25) is 0 Å². The van der Waals surface area contributed by atoms with Crippen LogP contribution in [0.15, 0.2) is 95.4 Å². The topological polar surface area (TPSA) is 307 Å². The Morgan fingerprint density at radius 3 is 2.06 bits per heavy atom. The van der Waals surface area contributed by atoms with Gasteiger partial charge in [0, 0.05) is 110 Å². The Bertz CT molecular complexity index is 3200. The highest BCUT2D eigenvalue weighted by molar-refractivity contribution is 6.13. The van der Waals surface area contributed by atoms with Gasteiger partial charge < -0.3 is 61.6 Å². The molecule has 0 bridgehead atoms. The highest BCUT2D eigenvalue weighted by Gasteiger charge is 2.30. The second-order valence-corrected chi connectivity index (χ2v) is 20.8. The molecule has 8 N–H and O–H groups in total. The third-order valence-corrected chi connectivity index (χ3v) is 13.8. The van der Waals surface area contributed by atoms with Gasteiger partial charge in [-0.3, -0.25) is 33.7 Å². The summed E-state index contributed by atoms with van der Waals surface area (Å²) in [5.74, 6) is -3.82. The molecule has 6 rings (SSSR count). The molecule has 0 saturated heterocycles. The molecule has 0 radical (unpaired) electrons. The number of nitrogens with one attached hydrogen (secondary N) is 6. The summed E-state index contributed by atoms with van der Waals surface area (Å²) in [4.78, 5) is 116. The average Bonchev–Trinajstić information content (AvgIpc) is 2.06. The van der Waals surface area contributed by atoms with E-state index in [4.69, 9.17) is 14.9 Å². The molecule has 0 fully saturated rings. The molecule has 436 valence electrons. The number of carboxylic acid groups (broad SMARTS) is 1. The number of alkyl carbamates (subject to hydrolysis) is 1. The van der Waals surface area contributed by atoms with E-state index < -0.39 is 47.9 Å². The molecule has 2 atom stereocenters. The minimum absolute atomic E-state index is 0.0505. The molecule has 3 aromatic rings. The summed E-state index contributed by atoms with van der Waals surface area (Å²) in [6, 6.07) is 19.9. The Kier molecular flexibility index (Phi) is 22.7. The summed E-state index contributed by atoms with van der Waals surface area (Å²) in [5, 5.41) is 30.7. The summed E-state index contributed by atoms with van der Waals surface area (Å²) >= 11 is 0. The van der Waals surface area contributed by atoms with Gasteiger partial charge in [0.25, 0.3) is 17.7 Å². The molecule has 0 aromatic heterocycles. The summed E-state index contributed by atoms with van der Waals surface area (Å²) in [7, 11) is 7.69. The van der Waals surface area contributed by atoms with Gasteiger partial charge >= 0.3 is 12.1 Å². The van der Waals surface area contributed by atoms with E-state index in [1.807, 2.05) is 74.1 Å². The number of benzene rings is 4. The van der Waals surface area contributed by atoms with Crippen LogP contribution in [-0.2, 0) is 35.3 Å². The number of ether oxygens (including phenoxy) is 1. The van der Waals surface area contributed by atoms with Crippen LogP contribution in [0, 0.1) is 5.92 Å². The maximum Gasteiger partial charge on any atom is 0.407 e. The standard InChI is InChI=1S/C60H74N10O12/c1-37(2)54(67-50(71)16-10-9-13-32-70-51(72)27-28-52(70)73)57(76)66-47(15-14-31-63-59(61)79)56(75)65-40-20-17-38(18-21-40)36-81-60(80)64-30-12-8-7-11-29-62-55(74)39-19-24-43(46(33-39)58(77)78)53-44-25-22-41(68(3)4)34-48(44)82-49-35-42(69(5)6)23-26-45(49)53/h17-28,33-35,37,47,54H,7-16,29-32,36H2,1-6H3,(H8-,61,62,63,64,65,66,67,71,74,75,76,77,78,79,80)/t47-,54-/m0/s1. The number of amides is 9. The fourth-order valence-corrected chi connectivity index (χ4v) is 9.21. The van der Waals surface area contributed by atoms with Crippen molar-refractivity contribution in [3.05, 3.63) is 113 Å². The van der Waals surface area contributed by atoms with Gasteiger partial charge in [0.1, 0.15) is 44.1 Å². The van der Waals surface area contributed by atoms with Crippen molar-refractivity contribution < 1.29 is 57.4 Å². The number of nitrogens with zero attached hydrogens (tertiary/aromatic N) is 3. The Labute approximate surface area is 476 Å². The number of carbonyl (C=O) groups is 9. The second kappa shape index (κ2) is 29.9. The molecule has 82 heavy (non-hydrogen) atoms. The lowest BCUT2D eigenvalue weighted by Gasteiger charge is -2.25. The number of imide groups is 1. The van der Waals surface area contributed by atoms with Crippen molar-refractivity contribution >= 4 is 75.9 Å². The highest BCUT2D eigenvalue weighted by atomic mass is 16.5. The first-order valence-electron chi connectivity index (χ1n) is 27.5. The van der Waals surface area contributed by atoms with Gasteiger partial charge in [0.2, 0.25) is 23.1 Å². The third kappa shape index (κ3) is 17.7. The number of rotatable bonds is 29.